The van der Waals surface area contributed by atoms with E-state index in [2.05, 4.69) is 10.1 Å². The van der Waals surface area contributed by atoms with E-state index in [1.54, 1.807) is 0 Å². The van der Waals surface area contributed by atoms with Gasteiger partial charge in [0.05, 0.1) is 18.8 Å². The fourth-order valence-corrected chi connectivity index (χ4v) is 4.04. The lowest BCUT2D eigenvalue weighted by Crippen LogP contribution is -2.23. The summed E-state index contributed by atoms with van der Waals surface area (Å²) >= 11 is 0.948. The molecule has 3 heterocycles. The Labute approximate surface area is 159 Å². The molecule has 0 unspecified atom stereocenters. The van der Waals surface area contributed by atoms with E-state index < -0.39 is 36.2 Å². The Bertz CT molecular complexity index is 859. The van der Waals surface area contributed by atoms with Crippen LogP contribution in [0.5, 0.6) is 0 Å². The largest absolute Gasteiger partial charge is 0.435 e. The third-order valence-corrected chi connectivity index (χ3v) is 5.20. The van der Waals surface area contributed by atoms with Crippen LogP contribution in [0.1, 0.15) is 29.2 Å². The van der Waals surface area contributed by atoms with Crippen LogP contribution in [0.4, 0.5) is 26.3 Å². The highest BCUT2D eigenvalue weighted by atomic mass is 32.1. The highest BCUT2D eigenvalue weighted by molar-refractivity contribution is 7.16. The molecule has 2 aromatic rings. The van der Waals surface area contributed by atoms with Crippen molar-refractivity contribution in [2.24, 2.45) is 5.92 Å². The first-order valence-electron chi connectivity index (χ1n) is 8.23. The summed E-state index contributed by atoms with van der Waals surface area (Å²) in [6, 6.07) is 0. The van der Waals surface area contributed by atoms with E-state index in [4.69, 9.17) is 4.74 Å². The number of likely N-dealkylation sites (tertiary alicyclic amines) is 1. The summed E-state index contributed by atoms with van der Waals surface area (Å²) in [4.78, 5) is 17.3. The number of alkyl halides is 6. The molecule has 0 aliphatic carbocycles. The maximum absolute atomic E-state index is 13.5. The lowest BCUT2D eigenvalue weighted by atomic mass is 10.0. The highest BCUT2D eigenvalue weighted by Crippen LogP contribution is 2.35. The smallest absolute Gasteiger partial charge is 0.377 e. The van der Waals surface area contributed by atoms with Gasteiger partial charge in [-0.3, -0.25) is 9.69 Å². The number of rotatable bonds is 6. The monoisotopic (exact) mass is 430 g/mol. The average molecular weight is 430 g/mol. The van der Waals surface area contributed by atoms with Crippen LogP contribution in [-0.4, -0.2) is 51.7 Å². The van der Waals surface area contributed by atoms with Gasteiger partial charge in [-0.05, 0) is 6.42 Å². The van der Waals surface area contributed by atoms with E-state index in [0.29, 0.717) is 9.52 Å². The van der Waals surface area contributed by atoms with Gasteiger partial charge in [0.25, 0.3) is 0 Å². The zero-order chi connectivity index (χ0) is 20.7. The predicted octanol–water partition coefficient (Wildman–Crippen LogP) is 3.30. The number of methoxy groups -OCH3 is 1. The van der Waals surface area contributed by atoms with Crippen molar-refractivity contribution < 1.29 is 35.9 Å². The van der Waals surface area contributed by atoms with Gasteiger partial charge in [-0.2, -0.15) is 36.0 Å². The van der Waals surface area contributed by atoms with Crippen molar-refractivity contribution in [2.75, 3.05) is 20.2 Å². The summed E-state index contributed by atoms with van der Waals surface area (Å²) in [5.74, 6) is -1.24. The zero-order valence-electron chi connectivity index (χ0n) is 14.6. The summed E-state index contributed by atoms with van der Waals surface area (Å²) in [6.45, 7) is -0.478. The number of halogens is 6. The lowest BCUT2D eigenvalue weighted by molar-refractivity contribution is -0.143. The van der Waals surface area contributed by atoms with Crippen LogP contribution in [0.15, 0.2) is 0 Å². The van der Waals surface area contributed by atoms with Crippen molar-refractivity contribution in [2.45, 2.75) is 38.3 Å². The van der Waals surface area contributed by atoms with Gasteiger partial charge in [0.1, 0.15) is 5.01 Å². The quantitative estimate of drug-likeness (QED) is 0.659. The molecule has 0 spiro atoms. The molecule has 0 saturated carbocycles. The molecular weight excluding hydrogens is 414 g/mol. The van der Waals surface area contributed by atoms with Gasteiger partial charge in [0.15, 0.2) is 11.5 Å². The second kappa shape index (κ2) is 7.59. The first kappa shape index (κ1) is 21.0. The van der Waals surface area contributed by atoms with Crippen LogP contribution in [0.25, 0.3) is 4.96 Å². The number of carbonyl (C=O) groups is 1. The van der Waals surface area contributed by atoms with Crippen LogP contribution in [0.3, 0.4) is 0 Å². The normalized spacial score (nSPS) is 19.2. The van der Waals surface area contributed by atoms with E-state index in [9.17, 15) is 31.1 Å². The number of hydrogen-bond acceptors (Lipinski definition) is 6. The Morgan fingerprint density at radius 3 is 2.57 bits per heavy atom. The summed E-state index contributed by atoms with van der Waals surface area (Å²) in [6.07, 6.45) is -10.6. The third-order valence-electron chi connectivity index (χ3n) is 4.32. The molecule has 3 rings (SSSR count). The van der Waals surface area contributed by atoms with Crippen molar-refractivity contribution in [1.82, 2.24) is 19.5 Å². The van der Waals surface area contributed by atoms with E-state index in [0.717, 1.165) is 11.3 Å². The molecule has 1 fully saturated rings. The van der Waals surface area contributed by atoms with Gasteiger partial charge in [-0.25, -0.2) is 4.98 Å². The lowest BCUT2D eigenvalue weighted by Gasteiger charge is -2.15. The molecular formula is C15H16F6N4O2S. The SMILES string of the molecule is COCc1nn2c(C(F)(F)F)c(CN3CC(=O)[C@@H](CCC(F)(F)F)C3)nc2s1. The Hall–Kier alpha value is -1.73. The van der Waals surface area contributed by atoms with Gasteiger partial charge in [-0.1, -0.05) is 11.3 Å². The molecule has 1 aliphatic rings. The molecule has 0 bridgehead atoms. The zero-order valence-corrected chi connectivity index (χ0v) is 15.4. The molecule has 13 heteroatoms. The summed E-state index contributed by atoms with van der Waals surface area (Å²) in [5.41, 5.74) is -1.35. The van der Waals surface area contributed by atoms with Gasteiger partial charge >= 0.3 is 12.4 Å². The Balaban J connectivity index is 1.78. The number of imidazole rings is 1. The summed E-state index contributed by atoms with van der Waals surface area (Å²) in [5, 5.41) is 4.19. The predicted molar refractivity (Wildman–Crippen MR) is 85.6 cm³/mol. The Kier molecular flexibility index (Phi) is 5.69. The summed E-state index contributed by atoms with van der Waals surface area (Å²) < 4.78 is 83.3. The van der Waals surface area contributed by atoms with Crippen LogP contribution in [0.2, 0.25) is 0 Å². The van der Waals surface area contributed by atoms with E-state index >= 15 is 0 Å². The number of nitrogens with zero attached hydrogens (tertiary/aromatic N) is 4. The molecule has 156 valence electrons. The standard InChI is InChI=1S/C15H16F6N4O2S/c1-27-7-11-23-25-12(15(19,20)21)9(22-13(25)28-11)5-24-4-8(10(26)6-24)2-3-14(16,17)18/h8H,2-7H2,1H3/t8-/m0/s1. The number of fused-ring (bicyclic) bond motifs is 1. The minimum absolute atomic E-state index is 0.0280. The van der Waals surface area contributed by atoms with Crippen LogP contribution >= 0.6 is 11.3 Å². The number of hydrogen-bond donors (Lipinski definition) is 0. The molecule has 28 heavy (non-hydrogen) atoms. The topological polar surface area (TPSA) is 59.7 Å². The van der Waals surface area contributed by atoms with Crippen LogP contribution < -0.4 is 0 Å². The molecule has 1 atom stereocenters. The number of aromatic nitrogens is 3. The minimum atomic E-state index is -4.73. The second-order valence-electron chi connectivity index (χ2n) is 6.51. The Morgan fingerprint density at radius 1 is 1.25 bits per heavy atom. The van der Waals surface area contributed by atoms with Gasteiger partial charge in [0, 0.05) is 32.5 Å². The van der Waals surface area contributed by atoms with Gasteiger partial charge < -0.3 is 4.74 Å². The van der Waals surface area contributed by atoms with Crippen molar-refractivity contribution >= 4 is 22.1 Å². The molecule has 0 amide bonds. The first-order valence-corrected chi connectivity index (χ1v) is 9.05. The molecule has 2 aromatic heterocycles. The number of ether oxygens (including phenoxy) is 1. The van der Waals surface area contributed by atoms with Gasteiger partial charge in [0.2, 0.25) is 4.96 Å². The molecule has 0 N–H and O–H groups in total. The molecule has 0 aromatic carbocycles. The molecule has 0 radical (unpaired) electrons. The number of carbonyl (C=O) groups excluding carboxylic acids is 1. The number of Topliss-reactive ketones (excluding diaryl/α,β-unsaturated/α-hetero) is 1. The maximum atomic E-state index is 13.5. The average Bonchev–Trinajstić information content (AvgIpc) is 3.16. The van der Waals surface area contributed by atoms with Crippen LogP contribution in [-0.2, 0) is 28.9 Å². The Morgan fingerprint density at radius 2 is 1.96 bits per heavy atom. The second-order valence-corrected chi connectivity index (χ2v) is 7.56. The van der Waals surface area contributed by atoms with Crippen molar-refractivity contribution in [3.8, 4) is 0 Å². The molecule has 1 saturated heterocycles. The highest BCUT2D eigenvalue weighted by Gasteiger charge is 2.41. The van der Waals surface area contributed by atoms with Crippen molar-refractivity contribution in [3.63, 3.8) is 0 Å². The molecule has 1 aliphatic heterocycles. The number of ketones is 1. The van der Waals surface area contributed by atoms with E-state index in [1.807, 2.05) is 0 Å². The maximum Gasteiger partial charge on any atom is 0.435 e. The minimum Gasteiger partial charge on any atom is -0.377 e. The summed E-state index contributed by atoms with van der Waals surface area (Å²) in [7, 11) is 1.39. The van der Waals surface area contributed by atoms with Gasteiger partial charge in [-0.15, -0.1) is 0 Å². The fraction of sp³-hybridized carbons (Fsp3) is 0.667. The first-order chi connectivity index (χ1) is 13.0. The van der Waals surface area contributed by atoms with E-state index in [-0.39, 0.29) is 43.3 Å². The fourth-order valence-electron chi connectivity index (χ4n) is 3.16. The van der Waals surface area contributed by atoms with E-state index in [1.165, 1.54) is 12.0 Å². The van der Waals surface area contributed by atoms with Crippen molar-refractivity contribution in [3.05, 3.63) is 16.4 Å². The van der Waals surface area contributed by atoms with Crippen molar-refractivity contribution in [1.29, 1.82) is 0 Å². The van der Waals surface area contributed by atoms with Crippen LogP contribution in [0, 0.1) is 5.92 Å². The third kappa shape index (κ3) is 4.63. The molecule has 6 nitrogen and oxygen atoms in total.